The minimum Gasteiger partial charge on any atom is -0.508 e. The summed E-state index contributed by atoms with van der Waals surface area (Å²) in [7, 11) is -4.08. The summed E-state index contributed by atoms with van der Waals surface area (Å²) >= 11 is 1.33. The first kappa shape index (κ1) is 40.5. The molecule has 12 nitrogen and oxygen atoms in total. The van der Waals surface area contributed by atoms with Crippen LogP contribution in [0.4, 0.5) is 11.4 Å². The van der Waals surface area contributed by atoms with Crippen molar-refractivity contribution >= 4 is 50.9 Å². The highest BCUT2D eigenvalue weighted by atomic mass is 32.2. The molecule has 5 N–H and O–H groups in total. The maximum atomic E-state index is 14.3. The molecule has 1 aliphatic heterocycles. The number of sulfonamides is 1. The Morgan fingerprint density at radius 1 is 0.981 bits per heavy atom. The molecule has 0 spiro atoms. The van der Waals surface area contributed by atoms with E-state index in [0.29, 0.717) is 30.0 Å². The van der Waals surface area contributed by atoms with Crippen LogP contribution in [0.5, 0.6) is 11.5 Å². The van der Waals surface area contributed by atoms with Gasteiger partial charge in [0.2, 0.25) is 15.9 Å². The summed E-state index contributed by atoms with van der Waals surface area (Å²) in [5.41, 5.74) is 0.665. The number of rotatable bonds is 17. The molecule has 0 unspecified atom stereocenters. The van der Waals surface area contributed by atoms with Gasteiger partial charge in [-0.15, -0.1) is 11.8 Å². The van der Waals surface area contributed by atoms with Gasteiger partial charge in [-0.05, 0) is 49.3 Å². The molecule has 0 radical (unpaired) electrons. The number of aromatic hydroxyl groups is 1. The predicted molar refractivity (Wildman–Crippen MR) is 203 cm³/mol. The zero-order valence-corrected chi connectivity index (χ0v) is 32.0. The molecule has 0 saturated heterocycles. The SMILES string of the molecule is CCCCC1(CCCC)CN(c2ccccc2)c2cc(SC)c(OCC(=O)N[C@@H](C(=O)N[C@H](C(=O)O)C(C)C)c3ccccc3O)cc2S(=O)(=O)N1. The number of unbranched alkanes of at least 4 members (excludes halogenated alkanes) is 2. The van der Waals surface area contributed by atoms with E-state index in [0.717, 1.165) is 31.4 Å². The fraction of sp³-hybridized carbons (Fsp3) is 0.447. The van der Waals surface area contributed by atoms with Crippen molar-refractivity contribution in [2.45, 2.75) is 93.6 Å². The molecule has 0 fully saturated rings. The van der Waals surface area contributed by atoms with Crippen molar-refractivity contribution in [2.24, 2.45) is 5.92 Å². The number of carboxylic acid groups (broad SMARTS) is 1. The van der Waals surface area contributed by atoms with Crippen molar-refractivity contribution in [3.63, 3.8) is 0 Å². The first-order valence-electron chi connectivity index (χ1n) is 17.6. The van der Waals surface area contributed by atoms with Crippen LogP contribution in [0.1, 0.15) is 77.8 Å². The van der Waals surface area contributed by atoms with Gasteiger partial charge < -0.3 is 30.5 Å². The molecule has 0 aromatic heterocycles. The summed E-state index contributed by atoms with van der Waals surface area (Å²) in [5.74, 6) is -3.42. The summed E-state index contributed by atoms with van der Waals surface area (Å²) in [5, 5.41) is 25.2. The lowest BCUT2D eigenvalue weighted by atomic mass is 9.87. The number of carbonyl (C=O) groups excluding carboxylic acids is 2. The number of carboxylic acids is 1. The highest BCUT2D eigenvalue weighted by Crippen LogP contribution is 2.44. The summed E-state index contributed by atoms with van der Waals surface area (Å²) in [6.07, 6.45) is 6.66. The van der Waals surface area contributed by atoms with Crippen LogP contribution in [-0.4, -0.2) is 67.4 Å². The number of hydrogen-bond donors (Lipinski definition) is 5. The fourth-order valence-corrected chi connectivity index (χ4v) is 8.56. The number of benzene rings is 3. The second-order valence-corrected chi connectivity index (χ2v) is 15.9. The number of carbonyl (C=O) groups is 3. The Labute approximate surface area is 310 Å². The normalized spacial score (nSPS) is 15.9. The number of phenolic OH excluding ortho intramolecular Hbond substituents is 1. The topological polar surface area (TPSA) is 174 Å². The molecule has 2 atom stereocenters. The third-order valence-corrected chi connectivity index (χ3v) is 11.5. The zero-order chi connectivity index (χ0) is 38.1. The molecule has 2 amide bonds. The van der Waals surface area contributed by atoms with E-state index in [4.69, 9.17) is 4.74 Å². The predicted octanol–water partition coefficient (Wildman–Crippen LogP) is 6.13. The number of thioether (sulfide) groups is 1. The molecule has 14 heteroatoms. The Balaban J connectivity index is 1.69. The summed E-state index contributed by atoms with van der Waals surface area (Å²) in [6.45, 7) is 7.26. The van der Waals surface area contributed by atoms with Gasteiger partial charge in [0.05, 0.1) is 16.1 Å². The van der Waals surface area contributed by atoms with Crippen molar-refractivity contribution < 1.29 is 37.8 Å². The molecule has 1 aliphatic rings. The van der Waals surface area contributed by atoms with Crippen LogP contribution in [0.3, 0.4) is 0 Å². The first-order chi connectivity index (χ1) is 24.8. The van der Waals surface area contributed by atoms with Crippen molar-refractivity contribution in [3.05, 3.63) is 72.3 Å². The number of para-hydroxylation sites is 2. The largest absolute Gasteiger partial charge is 0.508 e. The minimum absolute atomic E-state index is 0.0132. The highest BCUT2D eigenvalue weighted by Gasteiger charge is 2.42. The zero-order valence-electron chi connectivity index (χ0n) is 30.3. The average Bonchev–Trinajstić information content (AvgIpc) is 3.21. The van der Waals surface area contributed by atoms with Crippen LogP contribution in [-0.2, 0) is 24.4 Å². The molecule has 282 valence electrons. The number of nitrogens with one attached hydrogen (secondary N) is 3. The van der Waals surface area contributed by atoms with Crippen LogP contribution in [0, 0.1) is 5.92 Å². The summed E-state index contributed by atoms with van der Waals surface area (Å²) < 4.78 is 37.7. The number of amides is 2. The lowest BCUT2D eigenvalue weighted by Crippen LogP contribution is -2.53. The molecule has 3 aromatic carbocycles. The molecule has 1 heterocycles. The third kappa shape index (κ3) is 9.78. The van der Waals surface area contributed by atoms with Gasteiger partial charge in [-0.3, -0.25) is 9.59 Å². The number of ether oxygens (including phenoxy) is 1. The van der Waals surface area contributed by atoms with Gasteiger partial charge in [0.1, 0.15) is 28.5 Å². The number of hydrogen-bond acceptors (Lipinski definition) is 9. The fourth-order valence-electron chi connectivity index (χ4n) is 6.36. The van der Waals surface area contributed by atoms with E-state index in [2.05, 4.69) is 29.2 Å². The molecule has 52 heavy (non-hydrogen) atoms. The van der Waals surface area contributed by atoms with Gasteiger partial charge in [0.25, 0.3) is 5.91 Å². The maximum Gasteiger partial charge on any atom is 0.326 e. The van der Waals surface area contributed by atoms with E-state index in [1.165, 1.54) is 30.0 Å². The Kier molecular flexibility index (Phi) is 14.0. The third-order valence-electron chi connectivity index (χ3n) is 9.13. The molecular weight excluding hydrogens is 705 g/mol. The van der Waals surface area contributed by atoms with Crippen LogP contribution in [0.25, 0.3) is 0 Å². The molecule has 0 aliphatic carbocycles. The Bertz CT molecular complexity index is 1810. The van der Waals surface area contributed by atoms with Crippen LogP contribution < -0.4 is 25.0 Å². The van der Waals surface area contributed by atoms with Crippen LogP contribution >= 0.6 is 11.8 Å². The average molecular weight is 755 g/mol. The molecule has 0 saturated carbocycles. The van der Waals surface area contributed by atoms with Crippen molar-refractivity contribution in [1.82, 2.24) is 15.4 Å². The number of phenols is 1. The van der Waals surface area contributed by atoms with Gasteiger partial charge in [-0.2, -0.15) is 0 Å². The van der Waals surface area contributed by atoms with E-state index in [-0.39, 0.29) is 22.0 Å². The standard InChI is InChI=1S/C38H50N4O8S2/c1-6-8-19-38(20-9-7-2)24-42(26-15-11-10-12-16-26)28-21-31(51-5)30(22-32(28)52(48,49)41-38)50-23-33(44)39-35(27-17-13-14-18-29(27)43)36(45)40-34(25(3)4)37(46)47/h10-18,21-22,25,34-35,41,43H,6-9,19-20,23-24H2,1-5H3,(H,39,44)(H,40,45)(H,46,47)/t34-,35+/m0/s1. The van der Waals surface area contributed by atoms with Gasteiger partial charge >= 0.3 is 5.97 Å². The van der Waals surface area contributed by atoms with E-state index in [9.17, 15) is 33.0 Å². The maximum absolute atomic E-state index is 14.3. The van der Waals surface area contributed by atoms with Gasteiger partial charge in [0.15, 0.2) is 6.61 Å². The number of anilines is 2. The van der Waals surface area contributed by atoms with Crippen molar-refractivity contribution in [2.75, 3.05) is 24.3 Å². The van der Waals surface area contributed by atoms with Crippen LogP contribution in [0.15, 0.2) is 76.5 Å². The number of nitrogens with zero attached hydrogens (tertiary/aromatic N) is 1. The van der Waals surface area contributed by atoms with E-state index in [1.54, 1.807) is 32.0 Å². The second-order valence-electron chi connectivity index (χ2n) is 13.4. The van der Waals surface area contributed by atoms with E-state index >= 15 is 0 Å². The quantitative estimate of drug-likeness (QED) is 0.101. The molecule has 3 aromatic rings. The number of aliphatic carboxylic acids is 1. The summed E-state index contributed by atoms with van der Waals surface area (Å²) in [6, 6.07) is 16.1. The van der Waals surface area contributed by atoms with E-state index < -0.39 is 58.0 Å². The second kappa shape index (κ2) is 18.0. The van der Waals surface area contributed by atoms with E-state index in [1.807, 2.05) is 41.5 Å². The van der Waals surface area contributed by atoms with Crippen LogP contribution in [0.2, 0.25) is 0 Å². The number of fused-ring (bicyclic) bond motifs is 1. The molecule has 0 bridgehead atoms. The monoisotopic (exact) mass is 754 g/mol. The Morgan fingerprint density at radius 2 is 1.62 bits per heavy atom. The van der Waals surface area contributed by atoms with Gasteiger partial charge in [-0.25, -0.2) is 17.9 Å². The van der Waals surface area contributed by atoms with Crippen molar-refractivity contribution in [3.8, 4) is 11.5 Å². The lowest BCUT2D eigenvalue weighted by Gasteiger charge is -2.37. The molecular formula is C38H50N4O8S2. The lowest BCUT2D eigenvalue weighted by molar-refractivity contribution is -0.143. The van der Waals surface area contributed by atoms with Gasteiger partial charge in [-0.1, -0.05) is 89.8 Å². The smallest absolute Gasteiger partial charge is 0.326 e. The van der Waals surface area contributed by atoms with Gasteiger partial charge in [0, 0.05) is 23.9 Å². The molecule has 4 rings (SSSR count). The minimum atomic E-state index is -4.08. The first-order valence-corrected chi connectivity index (χ1v) is 20.3. The van der Waals surface area contributed by atoms with Crippen molar-refractivity contribution in [1.29, 1.82) is 0 Å². The summed E-state index contributed by atoms with van der Waals surface area (Å²) in [4.78, 5) is 41.3. The highest BCUT2D eigenvalue weighted by molar-refractivity contribution is 7.98. The Hall–Kier alpha value is -4.27. The Morgan fingerprint density at radius 3 is 2.19 bits per heavy atom.